The van der Waals surface area contributed by atoms with E-state index in [0.717, 1.165) is 25.1 Å². The number of aryl methyl sites for hydroxylation is 2. The Morgan fingerprint density at radius 2 is 2.16 bits per heavy atom. The summed E-state index contributed by atoms with van der Waals surface area (Å²) in [6, 6.07) is 0. The lowest BCUT2D eigenvalue weighted by molar-refractivity contribution is 0.321. The Hall–Kier alpha value is -1.85. The summed E-state index contributed by atoms with van der Waals surface area (Å²) >= 11 is 0. The van der Waals surface area contributed by atoms with E-state index in [0.29, 0.717) is 11.8 Å². The monoisotopic (exact) mass is 263 g/mol. The van der Waals surface area contributed by atoms with E-state index in [4.69, 9.17) is 4.52 Å². The summed E-state index contributed by atoms with van der Waals surface area (Å²) in [4.78, 5) is 4.33. The van der Waals surface area contributed by atoms with Crippen molar-refractivity contribution >= 4 is 5.95 Å². The average molecular weight is 263 g/mol. The lowest BCUT2D eigenvalue weighted by Crippen LogP contribution is -2.12. The first-order chi connectivity index (χ1) is 8.97. The first kappa shape index (κ1) is 13.6. The SMILES string of the molecule is Cc1[nH]ncc1CCCNc1noc(C(C)(C)C)n1. The van der Waals surface area contributed by atoms with Gasteiger partial charge in [0.25, 0.3) is 5.95 Å². The van der Waals surface area contributed by atoms with E-state index in [1.54, 1.807) is 0 Å². The third-order valence-electron chi connectivity index (χ3n) is 2.91. The molecule has 2 heterocycles. The Morgan fingerprint density at radius 3 is 2.74 bits per heavy atom. The molecule has 0 saturated carbocycles. The molecular weight excluding hydrogens is 242 g/mol. The van der Waals surface area contributed by atoms with Crippen LogP contribution in [0.2, 0.25) is 0 Å². The normalized spacial score (nSPS) is 11.8. The van der Waals surface area contributed by atoms with Crippen LogP contribution in [0.1, 0.15) is 44.3 Å². The molecule has 2 aromatic heterocycles. The van der Waals surface area contributed by atoms with Crippen LogP contribution in [-0.2, 0) is 11.8 Å². The van der Waals surface area contributed by atoms with E-state index in [-0.39, 0.29) is 5.41 Å². The molecule has 0 saturated heterocycles. The van der Waals surface area contributed by atoms with Crippen molar-refractivity contribution in [3.63, 3.8) is 0 Å². The van der Waals surface area contributed by atoms with E-state index >= 15 is 0 Å². The predicted molar refractivity (Wildman–Crippen MR) is 73.1 cm³/mol. The number of anilines is 1. The third-order valence-corrected chi connectivity index (χ3v) is 2.91. The molecule has 6 nitrogen and oxygen atoms in total. The summed E-state index contributed by atoms with van der Waals surface area (Å²) in [6.45, 7) is 8.99. The molecule has 0 aliphatic heterocycles. The van der Waals surface area contributed by atoms with Gasteiger partial charge in [0.15, 0.2) is 0 Å². The van der Waals surface area contributed by atoms with Gasteiger partial charge in [-0.3, -0.25) is 5.10 Å². The fourth-order valence-corrected chi connectivity index (χ4v) is 1.71. The highest BCUT2D eigenvalue weighted by atomic mass is 16.5. The van der Waals surface area contributed by atoms with Crippen LogP contribution in [0.4, 0.5) is 5.95 Å². The van der Waals surface area contributed by atoms with E-state index < -0.39 is 0 Å². The minimum absolute atomic E-state index is 0.110. The van der Waals surface area contributed by atoms with E-state index in [1.807, 2.05) is 33.9 Å². The Bertz CT molecular complexity index is 523. The van der Waals surface area contributed by atoms with Crippen LogP contribution in [0.15, 0.2) is 10.7 Å². The molecule has 0 unspecified atom stereocenters. The number of aromatic nitrogens is 4. The first-order valence-corrected chi connectivity index (χ1v) is 6.54. The van der Waals surface area contributed by atoms with Crippen LogP contribution in [-0.4, -0.2) is 26.9 Å². The fraction of sp³-hybridized carbons (Fsp3) is 0.615. The van der Waals surface area contributed by atoms with Gasteiger partial charge in [-0.1, -0.05) is 20.8 Å². The first-order valence-electron chi connectivity index (χ1n) is 6.54. The molecule has 2 aromatic rings. The molecule has 0 aliphatic rings. The molecule has 2 rings (SSSR count). The van der Waals surface area contributed by atoms with Crippen molar-refractivity contribution < 1.29 is 4.52 Å². The molecule has 0 fully saturated rings. The molecule has 0 bridgehead atoms. The number of rotatable bonds is 5. The van der Waals surface area contributed by atoms with Crippen molar-refractivity contribution in [3.8, 4) is 0 Å². The standard InChI is InChI=1S/C13H21N5O/c1-9-10(8-15-17-9)6-5-7-14-12-16-11(19-18-12)13(2,3)4/h8H,5-7H2,1-4H3,(H,14,18)(H,15,17). The summed E-state index contributed by atoms with van der Waals surface area (Å²) in [7, 11) is 0. The molecular formula is C13H21N5O. The molecule has 0 aliphatic carbocycles. The van der Waals surface area contributed by atoms with Gasteiger partial charge in [-0.05, 0) is 30.5 Å². The summed E-state index contributed by atoms with van der Waals surface area (Å²) < 4.78 is 5.21. The van der Waals surface area contributed by atoms with Crippen molar-refractivity contribution in [1.82, 2.24) is 20.3 Å². The third kappa shape index (κ3) is 3.56. The number of nitrogens with one attached hydrogen (secondary N) is 2. The molecule has 0 radical (unpaired) electrons. The number of hydrogen-bond acceptors (Lipinski definition) is 5. The minimum atomic E-state index is -0.110. The van der Waals surface area contributed by atoms with Crippen LogP contribution in [0.25, 0.3) is 0 Å². The minimum Gasteiger partial charge on any atom is -0.352 e. The highest BCUT2D eigenvalue weighted by molar-refractivity contribution is 5.22. The van der Waals surface area contributed by atoms with E-state index in [1.165, 1.54) is 5.56 Å². The number of hydrogen-bond donors (Lipinski definition) is 2. The van der Waals surface area contributed by atoms with Crippen LogP contribution in [0, 0.1) is 6.92 Å². The van der Waals surface area contributed by atoms with Crippen LogP contribution in [0.5, 0.6) is 0 Å². The van der Waals surface area contributed by atoms with Gasteiger partial charge in [-0.25, -0.2) is 0 Å². The van der Waals surface area contributed by atoms with Gasteiger partial charge in [0.05, 0.1) is 6.20 Å². The van der Waals surface area contributed by atoms with Crippen molar-refractivity contribution in [3.05, 3.63) is 23.3 Å². The quantitative estimate of drug-likeness (QED) is 0.810. The Labute approximate surface area is 113 Å². The zero-order valence-corrected chi connectivity index (χ0v) is 11.9. The van der Waals surface area contributed by atoms with Gasteiger partial charge in [0.2, 0.25) is 5.89 Å². The van der Waals surface area contributed by atoms with Crippen LogP contribution < -0.4 is 5.32 Å². The fourth-order valence-electron chi connectivity index (χ4n) is 1.71. The molecule has 0 spiro atoms. The molecule has 19 heavy (non-hydrogen) atoms. The zero-order valence-electron chi connectivity index (χ0n) is 11.9. The largest absolute Gasteiger partial charge is 0.352 e. The molecule has 2 N–H and O–H groups in total. The van der Waals surface area contributed by atoms with E-state index in [9.17, 15) is 0 Å². The van der Waals surface area contributed by atoms with E-state index in [2.05, 4.69) is 25.7 Å². The van der Waals surface area contributed by atoms with Crippen molar-refractivity contribution in [2.24, 2.45) is 0 Å². The second-order valence-corrected chi connectivity index (χ2v) is 5.72. The average Bonchev–Trinajstić information content (AvgIpc) is 2.93. The summed E-state index contributed by atoms with van der Waals surface area (Å²) in [5.74, 6) is 1.22. The number of H-pyrrole nitrogens is 1. The van der Waals surface area contributed by atoms with Crippen molar-refractivity contribution in [2.75, 3.05) is 11.9 Å². The van der Waals surface area contributed by atoms with Crippen molar-refractivity contribution in [1.29, 1.82) is 0 Å². The predicted octanol–water partition coefficient (Wildman–Crippen LogP) is 2.44. The van der Waals surface area contributed by atoms with Gasteiger partial charge in [0.1, 0.15) is 0 Å². The van der Waals surface area contributed by atoms with Gasteiger partial charge in [-0.15, -0.1) is 0 Å². The maximum Gasteiger partial charge on any atom is 0.263 e. The smallest absolute Gasteiger partial charge is 0.263 e. The second kappa shape index (κ2) is 5.42. The highest BCUT2D eigenvalue weighted by Crippen LogP contribution is 2.20. The molecule has 0 aromatic carbocycles. The summed E-state index contributed by atoms with van der Waals surface area (Å²) in [6.07, 6.45) is 3.86. The van der Waals surface area contributed by atoms with Crippen LogP contribution in [0.3, 0.4) is 0 Å². The van der Waals surface area contributed by atoms with Crippen molar-refractivity contribution in [2.45, 2.75) is 46.0 Å². The topological polar surface area (TPSA) is 79.6 Å². The van der Waals surface area contributed by atoms with Gasteiger partial charge in [-0.2, -0.15) is 10.1 Å². The maximum absolute atomic E-state index is 5.21. The Balaban J connectivity index is 1.77. The number of nitrogens with zero attached hydrogens (tertiary/aromatic N) is 3. The molecule has 104 valence electrons. The summed E-state index contributed by atoms with van der Waals surface area (Å²) in [5.41, 5.74) is 2.28. The lowest BCUT2D eigenvalue weighted by Gasteiger charge is -2.10. The Morgan fingerprint density at radius 1 is 1.37 bits per heavy atom. The molecule has 0 atom stereocenters. The van der Waals surface area contributed by atoms with Gasteiger partial charge < -0.3 is 9.84 Å². The lowest BCUT2D eigenvalue weighted by atomic mass is 9.97. The molecule has 6 heteroatoms. The van der Waals surface area contributed by atoms with Crippen LogP contribution >= 0.6 is 0 Å². The summed E-state index contributed by atoms with van der Waals surface area (Å²) in [5, 5.41) is 14.0. The number of aromatic amines is 1. The van der Waals surface area contributed by atoms with Gasteiger partial charge in [0, 0.05) is 17.7 Å². The molecule has 0 amide bonds. The maximum atomic E-state index is 5.21. The Kier molecular flexibility index (Phi) is 3.87. The zero-order chi connectivity index (χ0) is 13.9. The highest BCUT2D eigenvalue weighted by Gasteiger charge is 2.21. The van der Waals surface area contributed by atoms with Gasteiger partial charge >= 0.3 is 0 Å². The second-order valence-electron chi connectivity index (χ2n) is 5.72.